The first-order valence-corrected chi connectivity index (χ1v) is 9.02. The number of likely N-dealkylation sites (tertiary alicyclic amines) is 1. The van der Waals surface area contributed by atoms with Gasteiger partial charge in [-0.3, -0.25) is 9.69 Å². The van der Waals surface area contributed by atoms with Gasteiger partial charge < -0.3 is 15.2 Å². The Hall–Kier alpha value is -2.48. The van der Waals surface area contributed by atoms with Gasteiger partial charge in [-0.25, -0.2) is 9.18 Å². The summed E-state index contributed by atoms with van der Waals surface area (Å²) in [4.78, 5) is 26.4. The average Bonchev–Trinajstić information content (AvgIpc) is 2.98. The van der Waals surface area contributed by atoms with Crippen molar-refractivity contribution in [2.45, 2.75) is 12.1 Å². The van der Waals surface area contributed by atoms with Gasteiger partial charge in [0.2, 0.25) is 5.91 Å². The van der Waals surface area contributed by atoms with Crippen LogP contribution in [0.15, 0.2) is 42.5 Å². The van der Waals surface area contributed by atoms with E-state index < -0.39 is 35.8 Å². The zero-order valence-corrected chi connectivity index (χ0v) is 16.1. The lowest BCUT2D eigenvalue weighted by Gasteiger charge is -2.22. The summed E-state index contributed by atoms with van der Waals surface area (Å²) in [5, 5.41) is 13.3. The highest BCUT2D eigenvalue weighted by molar-refractivity contribution is 6.33. The number of carbonyl (C=O) groups is 2. The molecule has 0 bridgehead atoms. The van der Waals surface area contributed by atoms with E-state index in [-0.39, 0.29) is 16.3 Å². The Labute approximate surface area is 166 Å². The summed E-state index contributed by atoms with van der Waals surface area (Å²) >= 11 is 6.08. The molecular weight excluding hydrogens is 387 g/mol. The molecule has 0 saturated carbocycles. The SMILES string of the molecule is COC(=O)c1cc([C@H]2CN(C)C(O)[C@@H]2C(=O)Nc2ccccc2F)ccc1Cl. The number of carbonyl (C=O) groups excluding carboxylic acids is 2. The fourth-order valence-corrected chi connectivity index (χ4v) is 3.66. The molecule has 2 N–H and O–H groups in total. The Morgan fingerprint density at radius 2 is 2.00 bits per heavy atom. The summed E-state index contributed by atoms with van der Waals surface area (Å²) < 4.78 is 18.6. The minimum Gasteiger partial charge on any atom is -0.465 e. The third-order valence-corrected chi connectivity index (χ3v) is 5.28. The van der Waals surface area contributed by atoms with Crippen molar-refractivity contribution in [2.75, 3.05) is 26.0 Å². The van der Waals surface area contributed by atoms with Crippen LogP contribution in [0, 0.1) is 11.7 Å². The van der Waals surface area contributed by atoms with Crippen molar-refractivity contribution in [1.82, 2.24) is 4.90 Å². The van der Waals surface area contributed by atoms with Crippen LogP contribution in [0.1, 0.15) is 21.8 Å². The van der Waals surface area contributed by atoms with Gasteiger partial charge in [0.05, 0.1) is 29.3 Å². The molecule has 0 aromatic heterocycles. The van der Waals surface area contributed by atoms with Gasteiger partial charge in [0.1, 0.15) is 12.0 Å². The Balaban J connectivity index is 1.93. The number of hydrogen-bond acceptors (Lipinski definition) is 5. The molecule has 0 spiro atoms. The van der Waals surface area contributed by atoms with Crippen LogP contribution in [0.2, 0.25) is 5.02 Å². The van der Waals surface area contributed by atoms with Crippen LogP contribution >= 0.6 is 11.6 Å². The molecule has 148 valence electrons. The van der Waals surface area contributed by atoms with Crippen LogP contribution in [-0.2, 0) is 9.53 Å². The van der Waals surface area contributed by atoms with Gasteiger partial charge in [0.15, 0.2) is 0 Å². The lowest BCUT2D eigenvalue weighted by Crippen LogP contribution is -2.36. The molecule has 0 aliphatic carbocycles. The van der Waals surface area contributed by atoms with Gasteiger partial charge in [0.25, 0.3) is 0 Å². The highest BCUT2D eigenvalue weighted by Crippen LogP contribution is 2.37. The second kappa shape index (κ2) is 8.26. The van der Waals surface area contributed by atoms with E-state index in [9.17, 15) is 19.1 Å². The van der Waals surface area contributed by atoms with E-state index in [0.29, 0.717) is 12.1 Å². The number of para-hydroxylation sites is 1. The fourth-order valence-electron chi connectivity index (χ4n) is 3.46. The van der Waals surface area contributed by atoms with Crippen molar-refractivity contribution in [2.24, 2.45) is 5.92 Å². The summed E-state index contributed by atoms with van der Waals surface area (Å²) in [5.41, 5.74) is 0.875. The lowest BCUT2D eigenvalue weighted by atomic mass is 9.86. The first-order valence-electron chi connectivity index (χ1n) is 8.65. The largest absolute Gasteiger partial charge is 0.465 e. The molecule has 1 amide bonds. The van der Waals surface area contributed by atoms with Crippen LogP contribution in [-0.4, -0.2) is 48.8 Å². The van der Waals surface area contributed by atoms with Gasteiger partial charge in [0, 0.05) is 12.5 Å². The van der Waals surface area contributed by atoms with E-state index in [4.69, 9.17) is 16.3 Å². The Bertz CT molecular complexity index is 908. The molecule has 2 aromatic carbocycles. The molecule has 1 aliphatic heterocycles. The quantitative estimate of drug-likeness (QED) is 0.763. The van der Waals surface area contributed by atoms with E-state index in [1.165, 1.54) is 25.3 Å². The summed E-state index contributed by atoms with van der Waals surface area (Å²) in [7, 11) is 2.94. The number of ether oxygens (including phenoxy) is 1. The minimum absolute atomic E-state index is 0.0411. The first-order chi connectivity index (χ1) is 13.3. The highest BCUT2D eigenvalue weighted by atomic mass is 35.5. The van der Waals surface area contributed by atoms with Gasteiger partial charge in [-0.15, -0.1) is 0 Å². The van der Waals surface area contributed by atoms with E-state index in [2.05, 4.69) is 5.32 Å². The maximum absolute atomic E-state index is 13.9. The van der Waals surface area contributed by atoms with Gasteiger partial charge in [-0.1, -0.05) is 29.8 Å². The topological polar surface area (TPSA) is 78.9 Å². The first kappa shape index (κ1) is 20.3. The number of nitrogens with zero attached hydrogens (tertiary/aromatic N) is 1. The van der Waals surface area contributed by atoms with Crippen molar-refractivity contribution < 1.29 is 23.8 Å². The number of halogens is 2. The number of benzene rings is 2. The highest BCUT2D eigenvalue weighted by Gasteiger charge is 2.44. The molecule has 2 aromatic rings. The molecule has 1 aliphatic rings. The number of aliphatic hydroxyl groups is 1. The monoisotopic (exact) mass is 406 g/mol. The van der Waals surface area contributed by atoms with Gasteiger partial charge in [-0.2, -0.15) is 0 Å². The van der Waals surface area contributed by atoms with Crippen LogP contribution in [0.3, 0.4) is 0 Å². The smallest absolute Gasteiger partial charge is 0.339 e. The van der Waals surface area contributed by atoms with Crippen molar-refractivity contribution in [3.63, 3.8) is 0 Å². The molecule has 28 heavy (non-hydrogen) atoms. The van der Waals surface area contributed by atoms with Crippen molar-refractivity contribution in [1.29, 1.82) is 0 Å². The lowest BCUT2D eigenvalue weighted by molar-refractivity contribution is -0.124. The molecule has 1 unspecified atom stereocenters. The Kier molecular flexibility index (Phi) is 5.98. The number of amides is 1. The Morgan fingerprint density at radius 1 is 1.29 bits per heavy atom. The second-order valence-electron chi connectivity index (χ2n) is 6.69. The average molecular weight is 407 g/mol. The molecule has 1 fully saturated rings. The van der Waals surface area contributed by atoms with Crippen molar-refractivity contribution in [3.05, 3.63) is 64.4 Å². The number of methoxy groups -OCH3 is 1. The van der Waals surface area contributed by atoms with E-state index in [1.807, 2.05) is 0 Å². The minimum atomic E-state index is -1.06. The standard InChI is InChI=1S/C20H20ClFN2O4/c1-24-10-13(11-7-8-14(21)12(9-11)20(27)28-2)17(19(24)26)18(25)23-16-6-4-3-5-15(16)22/h3-9,13,17,19,26H,10H2,1-2H3,(H,23,25)/t13-,17+,19?/m1/s1. The van der Waals surface area contributed by atoms with Crippen LogP contribution in [0.4, 0.5) is 10.1 Å². The van der Waals surface area contributed by atoms with Crippen LogP contribution < -0.4 is 5.32 Å². The second-order valence-corrected chi connectivity index (χ2v) is 7.09. The molecule has 3 atom stereocenters. The summed E-state index contributed by atoms with van der Waals surface area (Å²) in [6.07, 6.45) is -1.06. The zero-order valence-electron chi connectivity index (χ0n) is 15.4. The van der Waals surface area contributed by atoms with E-state index in [1.54, 1.807) is 36.2 Å². The predicted molar refractivity (Wildman–Crippen MR) is 103 cm³/mol. The number of aliphatic hydroxyl groups excluding tert-OH is 1. The molecule has 6 nitrogen and oxygen atoms in total. The van der Waals surface area contributed by atoms with Gasteiger partial charge in [-0.05, 0) is 36.9 Å². The summed E-state index contributed by atoms with van der Waals surface area (Å²) in [6, 6.07) is 10.6. The molecular formula is C20H20ClFN2O4. The number of esters is 1. The number of rotatable bonds is 4. The Morgan fingerprint density at radius 3 is 2.68 bits per heavy atom. The van der Waals surface area contributed by atoms with E-state index >= 15 is 0 Å². The van der Waals surface area contributed by atoms with Crippen LogP contribution in [0.5, 0.6) is 0 Å². The third-order valence-electron chi connectivity index (χ3n) is 4.95. The number of anilines is 1. The van der Waals surface area contributed by atoms with Crippen LogP contribution in [0.25, 0.3) is 0 Å². The number of hydrogen-bond donors (Lipinski definition) is 2. The van der Waals surface area contributed by atoms with Crippen molar-refractivity contribution >= 4 is 29.2 Å². The fraction of sp³-hybridized carbons (Fsp3) is 0.300. The third kappa shape index (κ3) is 3.87. The molecule has 1 saturated heterocycles. The molecule has 3 rings (SSSR count). The zero-order chi connectivity index (χ0) is 20.4. The maximum Gasteiger partial charge on any atom is 0.339 e. The molecule has 8 heteroatoms. The predicted octanol–water partition coefficient (Wildman–Crippen LogP) is 2.87. The maximum atomic E-state index is 13.9. The summed E-state index contributed by atoms with van der Waals surface area (Å²) in [5.74, 6) is -2.95. The molecule has 1 heterocycles. The molecule has 0 radical (unpaired) electrons. The van der Waals surface area contributed by atoms with Gasteiger partial charge >= 0.3 is 5.97 Å². The number of nitrogens with one attached hydrogen (secondary N) is 1. The van der Waals surface area contributed by atoms with E-state index in [0.717, 1.165) is 0 Å². The normalized spacial score (nSPS) is 22.1. The van der Waals surface area contributed by atoms with Crippen molar-refractivity contribution in [3.8, 4) is 0 Å². The summed E-state index contributed by atoms with van der Waals surface area (Å²) in [6.45, 7) is 0.374. The number of likely N-dealkylation sites (N-methyl/N-ethyl adjacent to an activating group) is 1.